The van der Waals surface area contributed by atoms with Gasteiger partial charge in [0.2, 0.25) is 5.91 Å². The summed E-state index contributed by atoms with van der Waals surface area (Å²) in [6, 6.07) is 1.61. The van der Waals surface area contributed by atoms with E-state index < -0.39 is 11.9 Å². The van der Waals surface area contributed by atoms with Crippen molar-refractivity contribution in [3.63, 3.8) is 0 Å². The summed E-state index contributed by atoms with van der Waals surface area (Å²) in [5.41, 5.74) is 0.393. The maximum Gasteiger partial charge on any atom is 0.350 e. The lowest BCUT2D eigenvalue weighted by atomic mass is 10.0. The quantitative estimate of drug-likeness (QED) is 0.779. The first kappa shape index (κ1) is 15.2. The first-order chi connectivity index (χ1) is 8.93. The molecule has 0 aliphatic heterocycles. The van der Waals surface area contributed by atoms with Gasteiger partial charge in [-0.2, -0.15) is 0 Å². The Kier molecular flexibility index (Phi) is 5.50. The minimum absolute atomic E-state index is 0.0685. The van der Waals surface area contributed by atoms with Crippen LogP contribution in [0.1, 0.15) is 29.4 Å². The summed E-state index contributed by atoms with van der Waals surface area (Å²) < 4.78 is 4.59. The van der Waals surface area contributed by atoms with E-state index in [1.165, 1.54) is 18.4 Å². The molecule has 2 N–H and O–H groups in total. The molecule has 0 spiro atoms. The molecule has 0 saturated heterocycles. The molecule has 1 aromatic rings. The van der Waals surface area contributed by atoms with E-state index in [1.807, 2.05) is 0 Å². The molecule has 0 aliphatic carbocycles. The molecule has 0 fully saturated rings. The normalized spacial score (nSPS) is 11.7. The zero-order valence-corrected chi connectivity index (χ0v) is 11.5. The third-order valence-electron chi connectivity index (χ3n) is 2.37. The predicted molar refractivity (Wildman–Crippen MR) is 70.3 cm³/mol. The van der Waals surface area contributed by atoms with E-state index in [0.717, 1.165) is 0 Å². The summed E-state index contributed by atoms with van der Waals surface area (Å²) in [5.74, 6) is -2.04. The fourth-order valence-electron chi connectivity index (χ4n) is 1.55. The fourth-order valence-corrected chi connectivity index (χ4v) is 2.31. The number of ether oxygens (including phenoxy) is 1. The van der Waals surface area contributed by atoms with Crippen LogP contribution in [0.3, 0.4) is 0 Å². The predicted octanol–water partition coefficient (Wildman–Crippen LogP) is 1.97. The third-order valence-corrected chi connectivity index (χ3v) is 3.26. The van der Waals surface area contributed by atoms with Crippen molar-refractivity contribution in [3.05, 3.63) is 16.3 Å². The Bertz CT molecular complexity index is 482. The van der Waals surface area contributed by atoms with Gasteiger partial charge >= 0.3 is 11.9 Å². The number of anilines is 1. The molecular weight excluding hydrogens is 270 g/mol. The number of amides is 1. The Morgan fingerprint density at radius 2 is 2.11 bits per heavy atom. The molecule has 1 amide bonds. The number of nitrogens with one attached hydrogen (secondary N) is 1. The number of carboxylic acids is 1. The van der Waals surface area contributed by atoms with Crippen molar-refractivity contribution in [2.45, 2.75) is 19.8 Å². The number of esters is 1. The van der Waals surface area contributed by atoms with Crippen molar-refractivity contribution < 1.29 is 24.2 Å². The Balaban J connectivity index is 2.60. The molecule has 7 heteroatoms. The molecule has 104 valence electrons. The lowest BCUT2D eigenvalue weighted by Gasteiger charge is -2.09. The van der Waals surface area contributed by atoms with Gasteiger partial charge in [-0.1, -0.05) is 6.92 Å². The van der Waals surface area contributed by atoms with Gasteiger partial charge in [0.25, 0.3) is 0 Å². The Morgan fingerprint density at radius 1 is 1.42 bits per heavy atom. The molecule has 0 unspecified atom stereocenters. The highest BCUT2D eigenvalue weighted by molar-refractivity contribution is 7.12. The second-order valence-electron chi connectivity index (χ2n) is 4.11. The molecule has 6 nitrogen and oxygen atoms in total. The molecule has 0 aromatic carbocycles. The second kappa shape index (κ2) is 6.89. The van der Waals surface area contributed by atoms with Crippen LogP contribution >= 0.6 is 11.3 Å². The smallest absolute Gasteiger partial charge is 0.350 e. The summed E-state index contributed by atoms with van der Waals surface area (Å²) in [7, 11) is 1.27. The van der Waals surface area contributed by atoms with Gasteiger partial charge in [0, 0.05) is 12.8 Å². The number of carbonyl (C=O) groups is 3. The average molecular weight is 285 g/mol. The number of hydrogen-bond donors (Lipinski definition) is 2. The van der Waals surface area contributed by atoms with E-state index >= 15 is 0 Å². The summed E-state index contributed by atoms with van der Waals surface area (Å²) in [6.07, 6.45) is 0.0175. The zero-order valence-electron chi connectivity index (χ0n) is 10.6. The van der Waals surface area contributed by atoms with E-state index in [9.17, 15) is 14.4 Å². The highest BCUT2D eigenvalue weighted by Crippen LogP contribution is 2.23. The van der Waals surface area contributed by atoms with Crippen molar-refractivity contribution in [2.24, 2.45) is 5.92 Å². The molecule has 1 rings (SSSR count). The van der Waals surface area contributed by atoms with Gasteiger partial charge in [0.1, 0.15) is 4.88 Å². The van der Waals surface area contributed by atoms with E-state index in [0.29, 0.717) is 10.6 Å². The van der Waals surface area contributed by atoms with Crippen molar-refractivity contribution in [3.8, 4) is 0 Å². The van der Waals surface area contributed by atoms with Gasteiger partial charge in [0.05, 0.1) is 12.8 Å². The van der Waals surface area contributed by atoms with Crippen LogP contribution in [-0.2, 0) is 14.3 Å². The van der Waals surface area contributed by atoms with E-state index in [2.05, 4.69) is 10.1 Å². The first-order valence-electron chi connectivity index (χ1n) is 5.61. The van der Waals surface area contributed by atoms with E-state index in [-0.39, 0.29) is 24.7 Å². The number of thiophene rings is 1. The summed E-state index contributed by atoms with van der Waals surface area (Å²) in [4.78, 5) is 33.9. The monoisotopic (exact) mass is 285 g/mol. The Labute approximate surface area is 114 Å². The van der Waals surface area contributed by atoms with Gasteiger partial charge in [-0.15, -0.1) is 11.3 Å². The fraction of sp³-hybridized carbons (Fsp3) is 0.417. The standard InChI is InChI=1S/C12H15NO5S/c1-7(6-10(15)16)5-9(14)13-8-3-4-19-11(8)12(17)18-2/h3-4,7H,5-6H2,1-2H3,(H,13,14)(H,15,16)/t7-/m1/s1. The largest absolute Gasteiger partial charge is 0.481 e. The summed E-state index contributed by atoms with van der Waals surface area (Å²) in [5, 5.41) is 12.9. The molecule has 0 bridgehead atoms. The van der Waals surface area contributed by atoms with Crippen LogP contribution in [0.2, 0.25) is 0 Å². The zero-order chi connectivity index (χ0) is 14.4. The molecule has 0 radical (unpaired) electrons. The van der Waals surface area contributed by atoms with Crippen molar-refractivity contribution in [1.82, 2.24) is 0 Å². The number of carbonyl (C=O) groups excluding carboxylic acids is 2. The van der Waals surface area contributed by atoms with Crippen LogP contribution in [0.25, 0.3) is 0 Å². The van der Waals surface area contributed by atoms with Crippen LogP contribution < -0.4 is 5.32 Å². The van der Waals surface area contributed by atoms with Gasteiger partial charge < -0.3 is 15.2 Å². The molecular formula is C12H15NO5S. The van der Waals surface area contributed by atoms with Crippen LogP contribution in [0.5, 0.6) is 0 Å². The van der Waals surface area contributed by atoms with E-state index in [1.54, 1.807) is 18.4 Å². The average Bonchev–Trinajstić information content (AvgIpc) is 2.74. The van der Waals surface area contributed by atoms with Gasteiger partial charge in [0.15, 0.2) is 0 Å². The molecule has 0 aliphatic rings. The SMILES string of the molecule is COC(=O)c1sccc1NC(=O)C[C@@H](C)CC(=O)O. The lowest BCUT2D eigenvalue weighted by Crippen LogP contribution is -2.18. The van der Waals surface area contributed by atoms with Crippen molar-refractivity contribution in [1.29, 1.82) is 0 Å². The molecule has 0 saturated carbocycles. The molecule has 19 heavy (non-hydrogen) atoms. The number of aliphatic carboxylic acids is 1. The van der Waals surface area contributed by atoms with E-state index in [4.69, 9.17) is 5.11 Å². The maximum atomic E-state index is 11.7. The topological polar surface area (TPSA) is 92.7 Å². The summed E-state index contributed by atoms with van der Waals surface area (Å²) >= 11 is 1.17. The highest BCUT2D eigenvalue weighted by Gasteiger charge is 2.17. The van der Waals surface area contributed by atoms with Crippen LogP contribution in [0.15, 0.2) is 11.4 Å². The second-order valence-corrected chi connectivity index (χ2v) is 5.03. The van der Waals surface area contributed by atoms with Gasteiger partial charge in [-0.3, -0.25) is 9.59 Å². The van der Waals surface area contributed by atoms with Crippen molar-refractivity contribution in [2.75, 3.05) is 12.4 Å². The lowest BCUT2D eigenvalue weighted by molar-refractivity contribution is -0.138. The number of carboxylic acid groups (broad SMARTS) is 1. The first-order valence-corrected chi connectivity index (χ1v) is 6.49. The molecule has 1 heterocycles. The number of rotatable bonds is 6. The van der Waals surface area contributed by atoms with Crippen LogP contribution in [0, 0.1) is 5.92 Å². The molecule has 1 aromatic heterocycles. The Morgan fingerprint density at radius 3 is 2.68 bits per heavy atom. The number of methoxy groups -OCH3 is 1. The van der Waals surface area contributed by atoms with Crippen LogP contribution in [-0.4, -0.2) is 30.1 Å². The highest BCUT2D eigenvalue weighted by atomic mass is 32.1. The Hall–Kier alpha value is -1.89. The van der Waals surface area contributed by atoms with Crippen molar-refractivity contribution >= 4 is 34.9 Å². The number of hydrogen-bond acceptors (Lipinski definition) is 5. The summed E-state index contributed by atoms with van der Waals surface area (Å²) in [6.45, 7) is 1.68. The maximum absolute atomic E-state index is 11.7. The van der Waals surface area contributed by atoms with Gasteiger partial charge in [-0.05, 0) is 17.4 Å². The minimum atomic E-state index is -0.939. The van der Waals surface area contributed by atoms with Gasteiger partial charge in [-0.25, -0.2) is 4.79 Å². The third kappa shape index (κ3) is 4.70. The molecule has 1 atom stereocenters. The van der Waals surface area contributed by atoms with Crippen LogP contribution in [0.4, 0.5) is 5.69 Å². The minimum Gasteiger partial charge on any atom is -0.481 e.